The lowest BCUT2D eigenvalue weighted by Gasteiger charge is -2.50. The molecular formula is C16H29N. The maximum atomic E-state index is 2.69. The Balaban J connectivity index is 1.77. The second-order valence-electron chi connectivity index (χ2n) is 7.22. The van der Waals surface area contributed by atoms with Crippen LogP contribution in [-0.2, 0) is 0 Å². The molecule has 4 bridgehead atoms. The molecule has 2 unspecified atom stereocenters. The summed E-state index contributed by atoms with van der Waals surface area (Å²) in [6, 6.07) is 0. The predicted octanol–water partition coefficient (Wildman–Crippen LogP) is 3.93. The van der Waals surface area contributed by atoms with Gasteiger partial charge in [0.2, 0.25) is 0 Å². The highest BCUT2D eigenvalue weighted by molar-refractivity contribution is 5.00. The van der Waals surface area contributed by atoms with Crippen LogP contribution in [0.2, 0.25) is 0 Å². The van der Waals surface area contributed by atoms with E-state index >= 15 is 0 Å². The van der Waals surface area contributed by atoms with Crippen molar-refractivity contribution in [2.45, 2.75) is 58.8 Å². The summed E-state index contributed by atoms with van der Waals surface area (Å²) in [7, 11) is 0. The molecule has 4 saturated carbocycles. The summed E-state index contributed by atoms with van der Waals surface area (Å²) in [5.74, 6) is 3.29. The third-order valence-electron chi connectivity index (χ3n) is 5.94. The van der Waals surface area contributed by atoms with E-state index in [9.17, 15) is 0 Å². The van der Waals surface area contributed by atoms with E-state index in [1.54, 1.807) is 44.9 Å². The molecule has 0 saturated heterocycles. The van der Waals surface area contributed by atoms with Crippen LogP contribution in [0.4, 0.5) is 0 Å². The van der Waals surface area contributed by atoms with E-state index < -0.39 is 0 Å². The first-order chi connectivity index (χ1) is 8.23. The molecule has 17 heavy (non-hydrogen) atoms. The first kappa shape index (κ1) is 12.0. The van der Waals surface area contributed by atoms with E-state index in [0.717, 1.165) is 23.2 Å². The molecule has 4 aliphatic carbocycles. The zero-order valence-electron chi connectivity index (χ0n) is 11.8. The first-order valence-electron chi connectivity index (χ1n) is 7.95. The van der Waals surface area contributed by atoms with Gasteiger partial charge in [0.1, 0.15) is 0 Å². The summed E-state index contributed by atoms with van der Waals surface area (Å²) in [5.41, 5.74) is 0.735. The summed E-state index contributed by atoms with van der Waals surface area (Å²) in [4.78, 5) is 2.69. The first-order valence-corrected chi connectivity index (χ1v) is 7.95. The van der Waals surface area contributed by atoms with Crippen LogP contribution in [0.3, 0.4) is 0 Å². The van der Waals surface area contributed by atoms with Crippen molar-refractivity contribution >= 4 is 0 Å². The summed E-state index contributed by atoms with van der Waals surface area (Å²) in [6.45, 7) is 8.57. The van der Waals surface area contributed by atoms with Gasteiger partial charge in [-0.3, -0.25) is 0 Å². The van der Waals surface area contributed by atoms with Gasteiger partial charge in [0.25, 0.3) is 0 Å². The lowest BCUT2D eigenvalue weighted by atomic mass is 9.58. The molecule has 4 rings (SSSR count). The number of hydrogen-bond acceptors (Lipinski definition) is 1. The number of fused-ring (bicyclic) bond motifs is 1. The van der Waals surface area contributed by atoms with Crippen LogP contribution < -0.4 is 0 Å². The molecule has 0 N–H and O–H groups in total. The molecule has 0 heterocycles. The van der Waals surface area contributed by atoms with Crippen molar-refractivity contribution < 1.29 is 0 Å². The quantitative estimate of drug-likeness (QED) is 0.713. The zero-order valence-corrected chi connectivity index (χ0v) is 11.8. The summed E-state index contributed by atoms with van der Waals surface area (Å²) in [5, 5.41) is 0. The second-order valence-corrected chi connectivity index (χ2v) is 7.22. The molecule has 0 aromatic heterocycles. The molecule has 4 fully saturated rings. The molecule has 0 spiro atoms. The van der Waals surface area contributed by atoms with E-state index in [1.807, 2.05) is 0 Å². The molecule has 0 aromatic carbocycles. The lowest BCUT2D eigenvalue weighted by Crippen LogP contribution is -2.45. The third kappa shape index (κ3) is 2.28. The molecular weight excluding hydrogens is 206 g/mol. The predicted molar refractivity (Wildman–Crippen MR) is 73.0 cm³/mol. The molecule has 2 atom stereocenters. The van der Waals surface area contributed by atoms with E-state index in [4.69, 9.17) is 0 Å². The average molecular weight is 235 g/mol. The van der Waals surface area contributed by atoms with Crippen molar-refractivity contribution in [2.24, 2.45) is 23.2 Å². The Hall–Kier alpha value is -0.0400. The van der Waals surface area contributed by atoms with Crippen LogP contribution in [0.1, 0.15) is 58.8 Å². The third-order valence-corrected chi connectivity index (χ3v) is 5.94. The minimum Gasteiger partial charge on any atom is -0.303 e. The Kier molecular flexibility index (Phi) is 3.23. The van der Waals surface area contributed by atoms with Crippen LogP contribution in [0, 0.1) is 23.2 Å². The van der Waals surface area contributed by atoms with Crippen molar-refractivity contribution in [3.8, 4) is 0 Å². The summed E-state index contributed by atoms with van der Waals surface area (Å²) in [6.07, 6.45) is 11.0. The van der Waals surface area contributed by atoms with Crippen LogP contribution >= 0.6 is 0 Å². The molecule has 0 radical (unpaired) electrons. The fourth-order valence-electron chi connectivity index (χ4n) is 5.49. The zero-order chi connectivity index (χ0) is 11.9. The Morgan fingerprint density at radius 3 is 1.94 bits per heavy atom. The van der Waals surface area contributed by atoms with Crippen molar-refractivity contribution in [1.29, 1.82) is 0 Å². The van der Waals surface area contributed by atoms with E-state index in [2.05, 4.69) is 18.7 Å². The summed E-state index contributed by atoms with van der Waals surface area (Å²) < 4.78 is 0. The minimum atomic E-state index is 0.735. The Morgan fingerprint density at radius 1 is 0.882 bits per heavy atom. The van der Waals surface area contributed by atoms with Gasteiger partial charge in [-0.05, 0) is 68.4 Å². The van der Waals surface area contributed by atoms with Crippen LogP contribution in [0.25, 0.3) is 0 Å². The van der Waals surface area contributed by atoms with Crippen molar-refractivity contribution in [3.63, 3.8) is 0 Å². The molecule has 98 valence electrons. The van der Waals surface area contributed by atoms with Crippen molar-refractivity contribution in [3.05, 3.63) is 0 Å². The van der Waals surface area contributed by atoms with Gasteiger partial charge in [-0.25, -0.2) is 0 Å². The Labute approximate surface area is 107 Å². The fraction of sp³-hybridized carbons (Fsp3) is 1.00. The standard InChI is InChI=1S/C16H29N/c1-3-17(4-2)12-16-9-13-5-6-14(10-16)8-15(7-13)11-16/h13-15H,3-12H2,1-2H3. The van der Waals surface area contributed by atoms with Gasteiger partial charge >= 0.3 is 0 Å². The van der Waals surface area contributed by atoms with Gasteiger partial charge in [-0.1, -0.05) is 26.7 Å². The van der Waals surface area contributed by atoms with Gasteiger partial charge in [0.05, 0.1) is 0 Å². The largest absolute Gasteiger partial charge is 0.303 e. The molecule has 1 nitrogen and oxygen atoms in total. The number of rotatable bonds is 4. The highest BCUT2D eigenvalue weighted by atomic mass is 15.1. The Bertz CT molecular complexity index is 253. The monoisotopic (exact) mass is 235 g/mol. The van der Waals surface area contributed by atoms with Crippen LogP contribution in [-0.4, -0.2) is 24.5 Å². The van der Waals surface area contributed by atoms with Gasteiger partial charge in [-0.2, -0.15) is 0 Å². The number of hydrogen-bond donors (Lipinski definition) is 0. The Morgan fingerprint density at radius 2 is 1.41 bits per heavy atom. The van der Waals surface area contributed by atoms with E-state index in [0.29, 0.717) is 0 Å². The highest BCUT2D eigenvalue weighted by Crippen LogP contribution is 2.57. The highest BCUT2D eigenvalue weighted by Gasteiger charge is 2.48. The molecule has 1 heteroatoms. The van der Waals surface area contributed by atoms with E-state index in [1.165, 1.54) is 19.6 Å². The topological polar surface area (TPSA) is 3.24 Å². The maximum absolute atomic E-state index is 2.69. The van der Waals surface area contributed by atoms with Gasteiger partial charge in [0, 0.05) is 6.54 Å². The average Bonchev–Trinajstić information content (AvgIpc) is 2.52. The fourth-order valence-corrected chi connectivity index (χ4v) is 5.49. The van der Waals surface area contributed by atoms with Gasteiger partial charge in [-0.15, -0.1) is 0 Å². The van der Waals surface area contributed by atoms with Crippen molar-refractivity contribution in [1.82, 2.24) is 4.90 Å². The van der Waals surface area contributed by atoms with E-state index in [-0.39, 0.29) is 0 Å². The van der Waals surface area contributed by atoms with Crippen molar-refractivity contribution in [2.75, 3.05) is 19.6 Å². The lowest BCUT2D eigenvalue weighted by molar-refractivity contribution is 0.00574. The van der Waals surface area contributed by atoms with Crippen LogP contribution in [0.5, 0.6) is 0 Å². The SMILES string of the molecule is CCN(CC)CC12CC3CCC(CC(C3)C1)C2. The smallest absolute Gasteiger partial charge is 0.00380 e. The molecule has 0 amide bonds. The van der Waals surface area contributed by atoms with Gasteiger partial charge < -0.3 is 4.90 Å². The molecule has 4 aliphatic rings. The molecule has 0 aromatic rings. The van der Waals surface area contributed by atoms with Gasteiger partial charge in [0.15, 0.2) is 0 Å². The van der Waals surface area contributed by atoms with Crippen LogP contribution in [0.15, 0.2) is 0 Å². The minimum absolute atomic E-state index is 0.735. The number of nitrogens with zero attached hydrogens (tertiary/aromatic N) is 1. The molecule has 0 aliphatic heterocycles. The summed E-state index contributed by atoms with van der Waals surface area (Å²) >= 11 is 0. The normalized spacial score (nSPS) is 44.3. The second kappa shape index (κ2) is 4.57. The maximum Gasteiger partial charge on any atom is 0.00380 e.